The van der Waals surface area contributed by atoms with Crippen molar-refractivity contribution in [1.82, 2.24) is 9.80 Å². The number of hydrogen-bond donors (Lipinski definition) is 1. The molecule has 112 valence electrons. The number of amides is 1. The zero-order chi connectivity index (χ0) is 14.4. The molecule has 0 aromatic carbocycles. The highest BCUT2D eigenvalue weighted by Gasteiger charge is 2.22. The topological polar surface area (TPSA) is 71.9 Å². The standard InChI is InChI=1S/C14H23N3O3/c1-19-10-9-16-5-2-6-17(8-7-16)14(18)13-4-3-12(11-15)20-13/h3-4H,2,5-11,15H2,1H3. The molecule has 0 bridgehead atoms. The Labute approximate surface area is 119 Å². The lowest BCUT2D eigenvalue weighted by Crippen LogP contribution is -2.35. The van der Waals surface area contributed by atoms with Crippen LogP contribution < -0.4 is 5.73 Å². The average molecular weight is 281 g/mol. The number of hydrogen-bond acceptors (Lipinski definition) is 5. The van der Waals surface area contributed by atoms with Crippen LogP contribution in [0.1, 0.15) is 22.7 Å². The SMILES string of the molecule is COCCN1CCCN(C(=O)c2ccc(CN)o2)CC1. The highest BCUT2D eigenvalue weighted by atomic mass is 16.5. The Bertz CT molecular complexity index is 433. The molecule has 0 spiro atoms. The molecular weight excluding hydrogens is 258 g/mol. The molecule has 6 nitrogen and oxygen atoms in total. The van der Waals surface area contributed by atoms with Crippen molar-refractivity contribution >= 4 is 5.91 Å². The summed E-state index contributed by atoms with van der Waals surface area (Å²) in [6, 6.07) is 3.47. The van der Waals surface area contributed by atoms with E-state index in [1.54, 1.807) is 19.2 Å². The summed E-state index contributed by atoms with van der Waals surface area (Å²) in [5, 5.41) is 0. The zero-order valence-electron chi connectivity index (χ0n) is 12.0. The zero-order valence-corrected chi connectivity index (χ0v) is 12.0. The molecule has 1 saturated heterocycles. The number of carbonyl (C=O) groups is 1. The monoisotopic (exact) mass is 281 g/mol. The van der Waals surface area contributed by atoms with Gasteiger partial charge in [0.1, 0.15) is 5.76 Å². The summed E-state index contributed by atoms with van der Waals surface area (Å²) in [7, 11) is 1.71. The molecule has 2 heterocycles. The van der Waals surface area contributed by atoms with E-state index in [0.717, 1.165) is 45.8 Å². The van der Waals surface area contributed by atoms with E-state index < -0.39 is 0 Å². The van der Waals surface area contributed by atoms with Crippen LogP contribution in [0.25, 0.3) is 0 Å². The van der Waals surface area contributed by atoms with Crippen LogP contribution >= 0.6 is 0 Å². The number of carbonyl (C=O) groups excluding carboxylic acids is 1. The van der Waals surface area contributed by atoms with Crippen molar-refractivity contribution in [3.8, 4) is 0 Å². The Kier molecular flexibility index (Phi) is 5.58. The molecule has 1 amide bonds. The van der Waals surface area contributed by atoms with Gasteiger partial charge in [0.2, 0.25) is 0 Å². The van der Waals surface area contributed by atoms with Crippen molar-refractivity contribution in [3.63, 3.8) is 0 Å². The molecule has 0 saturated carbocycles. The minimum absolute atomic E-state index is 0.0432. The van der Waals surface area contributed by atoms with Crippen molar-refractivity contribution in [2.45, 2.75) is 13.0 Å². The fraction of sp³-hybridized carbons (Fsp3) is 0.643. The summed E-state index contributed by atoms with van der Waals surface area (Å²) in [4.78, 5) is 16.5. The van der Waals surface area contributed by atoms with Crippen molar-refractivity contribution in [3.05, 3.63) is 23.7 Å². The molecule has 0 radical (unpaired) electrons. The molecular formula is C14H23N3O3. The predicted molar refractivity (Wildman–Crippen MR) is 75.4 cm³/mol. The van der Waals surface area contributed by atoms with Crippen LogP contribution in [0, 0.1) is 0 Å². The summed E-state index contributed by atoms with van der Waals surface area (Å²) >= 11 is 0. The number of nitrogens with two attached hydrogens (primary N) is 1. The molecule has 2 rings (SSSR count). The largest absolute Gasteiger partial charge is 0.455 e. The normalized spacial score (nSPS) is 17.2. The second kappa shape index (κ2) is 7.42. The van der Waals surface area contributed by atoms with Gasteiger partial charge in [-0.25, -0.2) is 0 Å². The van der Waals surface area contributed by atoms with Crippen LogP contribution in [-0.2, 0) is 11.3 Å². The first-order chi connectivity index (χ1) is 9.74. The Balaban J connectivity index is 1.90. The predicted octanol–water partition coefficient (Wildman–Crippen LogP) is 0.533. The molecule has 1 aromatic heterocycles. The van der Waals surface area contributed by atoms with Gasteiger partial charge >= 0.3 is 0 Å². The van der Waals surface area contributed by atoms with E-state index in [4.69, 9.17) is 14.9 Å². The van der Waals surface area contributed by atoms with E-state index in [-0.39, 0.29) is 5.91 Å². The van der Waals surface area contributed by atoms with Gasteiger partial charge in [0, 0.05) is 33.3 Å². The lowest BCUT2D eigenvalue weighted by molar-refractivity contribution is 0.0725. The quantitative estimate of drug-likeness (QED) is 0.852. The fourth-order valence-electron chi connectivity index (χ4n) is 2.38. The van der Waals surface area contributed by atoms with Crippen LogP contribution in [0.4, 0.5) is 0 Å². The maximum atomic E-state index is 12.4. The molecule has 2 N–H and O–H groups in total. The van der Waals surface area contributed by atoms with Gasteiger partial charge in [-0.15, -0.1) is 0 Å². The van der Waals surface area contributed by atoms with Gasteiger partial charge in [0.25, 0.3) is 5.91 Å². The second-order valence-electron chi connectivity index (χ2n) is 4.95. The van der Waals surface area contributed by atoms with Gasteiger partial charge in [-0.3, -0.25) is 9.69 Å². The maximum absolute atomic E-state index is 12.4. The summed E-state index contributed by atoms with van der Waals surface area (Å²) in [6.45, 7) is 5.32. The first-order valence-corrected chi connectivity index (χ1v) is 7.04. The van der Waals surface area contributed by atoms with Crippen LogP contribution in [0.2, 0.25) is 0 Å². The minimum atomic E-state index is -0.0432. The summed E-state index contributed by atoms with van der Waals surface area (Å²) in [6.07, 6.45) is 0.972. The van der Waals surface area contributed by atoms with Crippen molar-refractivity contribution < 1.29 is 13.9 Å². The first kappa shape index (κ1) is 15.0. The number of rotatable bonds is 5. The van der Waals surface area contributed by atoms with Gasteiger partial charge in [0.05, 0.1) is 13.2 Å². The van der Waals surface area contributed by atoms with Gasteiger partial charge in [-0.2, -0.15) is 0 Å². The van der Waals surface area contributed by atoms with Crippen LogP contribution in [0.5, 0.6) is 0 Å². The third-order valence-corrected chi connectivity index (χ3v) is 3.56. The van der Waals surface area contributed by atoms with E-state index in [1.807, 2.05) is 4.90 Å². The molecule has 0 aliphatic carbocycles. The van der Waals surface area contributed by atoms with Gasteiger partial charge in [-0.05, 0) is 25.1 Å². The number of methoxy groups -OCH3 is 1. The smallest absolute Gasteiger partial charge is 0.289 e. The van der Waals surface area contributed by atoms with Gasteiger partial charge in [0.15, 0.2) is 5.76 Å². The molecule has 20 heavy (non-hydrogen) atoms. The van der Waals surface area contributed by atoms with E-state index in [1.165, 1.54) is 0 Å². The lowest BCUT2D eigenvalue weighted by Gasteiger charge is -2.21. The number of furan rings is 1. The second-order valence-corrected chi connectivity index (χ2v) is 4.95. The minimum Gasteiger partial charge on any atom is -0.455 e. The Morgan fingerprint density at radius 1 is 1.35 bits per heavy atom. The third kappa shape index (κ3) is 3.82. The van der Waals surface area contributed by atoms with E-state index in [9.17, 15) is 4.79 Å². The summed E-state index contributed by atoms with van der Waals surface area (Å²) in [5.41, 5.74) is 5.49. The van der Waals surface area contributed by atoms with Crippen LogP contribution in [0.3, 0.4) is 0 Å². The van der Waals surface area contributed by atoms with Gasteiger partial charge in [-0.1, -0.05) is 0 Å². The van der Waals surface area contributed by atoms with Crippen molar-refractivity contribution in [1.29, 1.82) is 0 Å². The third-order valence-electron chi connectivity index (χ3n) is 3.56. The highest BCUT2D eigenvalue weighted by Crippen LogP contribution is 2.12. The molecule has 1 fully saturated rings. The fourth-order valence-corrected chi connectivity index (χ4v) is 2.38. The van der Waals surface area contributed by atoms with Crippen molar-refractivity contribution in [2.24, 2.45) is 5.73 Å². The summed E-state index contributed by atoms with van der Waals surface area (Å²) in [5.74, 6) is 0.985. The van der Waals surface area contributed by atoms with Crippen molar-refractivity contribution in [2.75, 3.05) is 46.4 Å². The molecule has 0 unspecified atom stereocenters. The molecule has 1 aliphatic rings. The van der Waals surface area contributed by atoms with E-state index in [0.29, 0.717) is 18.1 Å². The number of ether oxygens (including phenoxy) is 1. The van der Waals surface area contributed by atoms with E-state index >= 15 is 0 Å². The summed E-state index contributed by atoms with van der Waals surface area (Å²) < 4.78 is 10.5. The number of nitrogens with zero attached hydrogens (tertiary/aromatic N) is 2. The van der Waals surface area contributed by atoms with Crippen LogP contribution in [-0.4, -0.2) is 62.1 Å². The maximum Gasteiger partial charge on any atom is 0.289 e. The Morgan fingerprint density at radius 2 is 2.20 bits per heavy atom. The molecule has 1 aliphatic heterocycles. The van der Waals surface area contributed by atoms with Gasteiger partial charge < -0.3 is 19.8 Å². The Morgan fingerprint density at radius 3 is 2.90 bits per heavy atom. The molecule has 0 atom stereocenters. The molecule has 6 heteroatoms. The van der Waals surface area contributed by atoms with E-state index in [2.05, 4.69) is 4.90 Å². The average Bonchev–Trinajstić information content (AvgIpc) is 2.83. The molecule has 1 aromatic rings. The lowest BCUT2D eigenvalue weighted by atomic mass is 10.3. The first-order valence-electron chi connectivity index (χ1n) is 7.04. The Hall–Kier alpha value is -1.37. The highest BCUT2D eigenvalue weighted by molar-refractivity contribution is 5.91. The van der Waals surface area contributed by atoms with Crippen LogP contribution in [0.15, 0.2) is 16.5 Å².